The molecule has 0 saturated carbocycles. The summed E-state index contributed by atoms with van der Waals surface area (Å²) in [4.78, 5) is 4.04. The summed E-state index contributed by atoms with van der Waals surface area (Å²) >= 11 is 0. The van der Waals surface area contributed by atoms with Crippen molar-refractivity contribution in [2.45, 2.75) is 37.7 Å². The van der Waals surface area contributed by atoms with Gasteiger partial charge in [0.2, 0.25) is 10.9 Å². The Kier molecular flexibility index (Phi) is 4.61. The Balaban J connectivity index is 1.51. The van der Waals surface area contributed by atoms with Crippen LogP contribution in [-0.2, 0) is 10.0 Å². The predicted octanol–water partition coefficient (Wildman–Crippen LogP) is 3.51. The van der Waals surface area contributed by atoms with Crippen molar-refractivity contribution in [1.82, 2.24) is 14.4 Å². The van der Waals surface area contributed by atoms with E-state index in [1.807, 2.05) is 26.0 Å². The number of piperidine rings is 1. The number of rotatable bonds is 4. The number of furan rings is 1. The van der Waals surface area contributed by atoms with Gasteiger partial charge in [0.05, 0.1) is 5.69 Å². The normalized spacial score (nSPS) is 16.7. The molecule has 7 nitrogen and oxygen atoms in total. The minimum Gasteiger partial charge on any atom is -0.440 e. The summed E-state index contributed by atoms with van der Waals surface area (Å²) in [7, 11) is -3.67. The smallest absolute Gasteiger partial charge is 0.276 e. The third kappa shape index (κ3) is 3.30. The van der Waals surface area contributed by atoms with Crippen LogP contribution >= 0.6 is 0 Å². The molecule has 8 heteroatoms. The highest BCUT2D eigenvalue weighted by Crippen LogP contribution is 2.33. The molecule has 0 unspecified atom stereocenters. The lowest BCUT2D eigenvalue weighted by Crippen LogP contribution is -2.37. The van der Waals surface area contributed by atoms with Crippen molar-refractivity contribution >= 4 is 10.0 Å². The lowest BCUT2D eigenvalue weighted by molar-refractivity contribution is 0.309. The van der Waals surface area contributed by atoms with Gasteiger partial charge < -0.3 is 8.94 Å². The molecule has 3 aromatic heterocycles. The number of pyridine rings is 1. The van der Waals surface area contributed by atoms with Crippen molar-refractivity contribution in [2.24, 2.45) is 0 Å². The molecule has 1 saturated heterocycles. The lowest BCUT2D eigenvalue weighted by Gasteiger charge is -2.30. The lowest BCUT2D eigenvalue weighted by atomic mass is 9.91. The molecule has 0 spiro atoms. The molecule has 4 rings (SSSR count). The van der Waals surface area contributed by atoms with Gasteiger partial charge >= 0.3 is 0 Å². The summed E-state index contributed by atoms with van der Waals surface area (Å²) in [5, 5.41) is 3.83. The topological polar surface area (TPSA) is 89.4 Å². The standard InChI is InChI=1S/C19H21N3O4S/c1-13-14(2)21-26-19(13)17-3-4-18(25-17)27(23,24)22-11-7-16(8-12-22)15-5-9-20-10-6-15/h3-6,9-10,16H,7-8,11-12H2,1-2H3. The van der Waals surface area contributed by atoms with Crippen molar-refractivity contribution in [3.8, 4) is 11.5 Å². The summed E-state index contributed by atoms with van der Waals surface area (Å²) in [6, 6.07) is 7.09. The zero-order valence-corrected chi connectivity index (χ0v) is 16.1. The molecule has 0 radical (unpaired) electrons. The van der Waals surface area contributed by atoms with E-state index in [9.17, 15) is 8.42 Å². The van der Waals surface area contributed by atoms with E-state index < -0.39 is 10.0 Å². The minimum atomic E-state index is -3.67. The molecule has 1 aliphatic heterocycles. The molecular weight excluding hydrogens is 366 g/mol. The number of hydrogen-bond acceptors (Lipinski definition) is 6. The Labute approximate surface area is 158 Å². The molecule has 27 heavy (non-hydrogen) atoms. The molecule has 142 valence electrons. The highest BCUT2D eigenvalue weighted by atomic mass is 32.2. The quantitative estimate of drug-likeness (QED) is 0.680. The van der Waals surface area contributed by atoms with E-state index >= 15 is 0 Å². The number of aryl methyl sites for hydroxylation is 1. The van der Waals surface area contributed by atoms with Gasteiger partial charge in [0.25, 0.3) is 10.0 Å². The number of nitrogens with zero attached hydrogens (tertiary/aromatic N) is 3. The van der Waals surface area contributed by atoms with Gasteiger partial charge in [-0.3, -0.25) is 4.98 Å². The van der Waals surface area contributed by atoms with E-state index in [-0.39, 0.29) is 5.09 Å². The second kappa shape index (κ2) is 6.94. The van der Waals surface area contributed by atoms with Crippen LogP contribution in [0, 0.1) is 13.8 Å². The first kappa shape index (κ1) is 17.9. The first-order chi connectivity index (χ1) is 13.0. The maximum atomic E-state index is 12.9. The highest BCUT2D eigenvalue weighted by Gasteiger charge is 2.32. The number of hydrogen-bond donors (Lipinski definition) is 0. The Morgan fingerprint density at radius 3 is 2.41 bits per heavy atom. The van der Waals surface area contributed by atoms with Gasteiger partial charge in [0.1, 0.15) is 0 Å². The van der Waals surface area contributed by atoms with Crippen molar-refractivity contribution in [2.75, 3.05) is 13.1 Å². The summed E-state index contributed by atoms with van der Waals surface area (Å²) in [5.74, 6) is 1.19. The van der Waals surface area contributed by atoms with Gasteiger partial charge in [0, 0.05) is 31.0 Å². The molecular formula is C19H21N3O4S. The summed E-state index contributed by atoms with van der Waals surface area (Å²) < 4.78 is 38.3. The third-order valence-electron chi connectivity index (χ3n) is 5.19. The van der Waals surface area contributed by atoms with Crippen LogP contribution in [0.4, 0.5) is 0 Å². The van der Waals surface area contributed by atoms with Crippen LogP contribution in [0.25, 0.3) is 11.5 Å². The molecule has 0 amide bonds. The van der Waals surface area contributed by atoms with Gasteiger partial charge in [-0.2, -0.15) is 4.31 Å². The second-order valence-electron chi connectivity index (χ2n) is 6.80. The van der Waals surface area contributed by atoms with Gasteiger partial charge in [-0.15, -0.1) is 0 Å². The largest absolute Gasteiger partial charge is 0.440 e. The molecule has 4 heterocycles. The van der Waals surface area contributed by atoms with Gasteiger partial charge in [0.15, 0.2) is 5.76 Å². The van der Waals surface area contributed by atoms with E-state index in [0.717, 1.165) is 24.1 Å². The van der Waals surface area contributed by atoms with Crippen LogP contribution < -0.4 is 0 Å². The van der Waals surface area contributed by atoms with Crippen LogP contribution in [0.5, 0.6) is 0 Å². The molecule has 3 aromatic rings. The summed E-state index contributed by atoms with van der Waals surface area (Å²) in [6.07, 6.45) is 5.10. The van der Waals surface area contributed by atoms with Gasteiger partial charge in [-0.05, 0) is 62.4 Å². The van der Waals surface area contributed by atoms with Crippen molar-refractivity contribution in [3.63, 3.8) is 0 Å². The van der Waals surface area contributed by atoms with Gasteiger partial charge in [-0.25, -0.2) is 8.42 Å². The maximum Gasteiger partial charge on any atom is 0.276 e. The first-order valence-electron chi connectivity index (χ1n) is 8.90. The average molecular weight is 387 g/mol. The van der Waals surface area contributed by atoms with E-state index in [1.54, 1.807) is 18.5 Å². The number of aromatic nitrogens is 2. The molecule has 0 atom stereocenters. The fourth-order valence-electron chi connectivity index (χ4n) is 3.42. The van der Waals surface area contributed by atoms with Crippen molar-refractivity contribution in [1.29, 1.82) is 0 Å². The van der Waals surface area contributed by atoms with Crippen LogP contribution in [0.1, 0.15) is 35.6 Å². The minimum absolute atomic E-state index is 0.0617. The molecule has 1 aliphatic rings. The molecule has 1 fully saturated rings. The zero-order valence-electron chi connectivity index (χ0n) is 15.3. The SMILES string of the molecule is Cc1noc(-c2ccc(S(=O)(=O)N3CCC(c4ccncc4)CC3)o2)c1C. The third-order valence-corrected chi connectivity index (χ3v) is 6.96. The van der Waals surface area contributed by atoms with E-state index in [2.05, 4.69) is 10.1 Å². The van der Waals surface area contributed by atoms with Crippen molar-refractivity contribution < 1.29 is 17.4 Å². The second-order valence-corrected chi connectivity index (χ2v) is 8.67. The Hall–Kier alpha value is -2.45. The Morgan fingerprint density at radius 1 is 1.07 bits per heavy atom. The molecule has 0 aliphatic carbocycles. The summed E-state index contributed by atoms with van der Waals surface area (Å²) in [5.41, 5.74) is 2.80. The molecule has 0 N–H and O–H groups in total. The maximum absolute atomic E-state index is 12.9. The highest BCUT2D eigenvalue weighted by molar-refractivity contribution is 7.89. The fourth-order valence-corrected chi connectivity index (χ4v) is 4.80. The molecule has 0 aromatic carbocycles. The van der Waals surface area contributed by atoms with Crippen molar-refractivity contribution in [3.05, 3.63) is 53.5 Å². The van der Waals surface area contributed by atoms with E-state index in [0.29, 0.717) is 30.5 Å². The Bertz CT molecular complexity index is 1030. The number of sulfonamides is 1. The Morgan fingerprint density at radius 2 is 1.78 bits per heavy atom. The van der Waals surface area contributed by atoms with Crippen LogP contribution in [0.3, 0.4) is 0 Å². The van der Waals surface area contributed by atoms with Crippen LogP contribution in [-0.4, -0.2) is 36.0 Å². The molecule has 0 bridgehead atoms. The first-order valence-corrected chi connectivity index (χ1v) is 10.3. The fraction of sp³-hybridized carbons (Fsp3) is 0.368. The van der Waals surface area contributed by atoms with Gasteiger partial charge in [-0.1, -0.05) is 5.16 Å². The predicted molar refractivity (Wildman–Crippen MR) is 98.6 cm³/mol. The van der Waals surface area contributed by atoms with Crippen LogP contribution in [0.2, 0.25) is 0 Å². The monoisotopic (exact) mass is 387 g/mol. The average Bonchev–Trinajstić information content (AvgIpc) is 3.31. The van der Waals surface area contributed by atoms with E-state index in [4.69, 9.17) is 8.94 Å². The van der Waals surface area contributed by atoms with E-state index in [1.165, 1.54) is 15.9 Å². The summed E-state index contributed by atoms with van der Waals surface area (Å²) in [6.45, 7) is 4.62. The van der Waals surface area contributed by atoms with Crippen LogP contribution in [0.15, 0.2) is 50.7 Å². The zero-order chi connectivity index (χ0) is 19.0.